The molecular weight excluding hydrogens is 202 g/mol. The molecule has 0 saturated heterocycles. The van der Waals surface area contributed by atoms with E-state index in [2.05, 4.69) is 36.9 Å². The predicted octanol–water partition coefficient (Wildman–Crippen LogP) is 3.69. The van der Waals surface area contributed by atoms with Crippen LogP contribution in [0.3, 0.4) is 0 Å². The van der Waals surface area contributed by atoms with Crippen LogP contribution in [0.2, 0.25) is 0 Å². The van der Waals surface area contributed by atoms with Gasteiger partial charge in [0.15, 0.2) is 0 Å². The zero-order chi connectivity index (χ0) is 12.0. The second-order valence-electron chi connectivity index (χ2n) is 3.86. The number of aryl methyl sites for hydroxylation is 2. The molecule has 0 unspecified atom stereocenters. The predicted molar refractivity (Wildman–Crippen MR) is 64.8 cm³/mol. The van der Waals surface area contributed by atoms with Gasteiger partial charge in [0.1, 0.15) is 5.75 Å². The lowest BCUT2D eigenvalue weighted by molar-refractivity contribution is 0.311. The van der Waals surface area contributed by atoms with Crippen LogP contribution in [-0.2, 0) is 0 Å². The summed E-state index contributed by atoms with van der Waals surface area (Å²) in [5.41, 5.74) is 11.7. The summed E-state index contributed by atoms with van der Waals surface area (Å²) < 4.78 is 5.66. The number of rotatable bonds is 5. The molecule has 16 heavy (non-hydrogen) atoms. The number of hydrogen-bond donors (Lipinski definition) is 0. The molecule has 0 fully saturated rings. The van der Waals surface area contributed by atoms with Crippen LogP contribution in [-0.4, -0.2) is 13.2 Å². The first-order chi connectivity index (χ1) is 7.65. The van der Waals surface area contributed by atoms with Crippen molar-refractivity contribution in [3.8, 4) is 5.75 Å². The summed E-state index contributed by atoms with van der Waals surface area (Å²) in [4.78, 5) is 2.70. The summed E-state index contributed by atoms with van der Waals surface area (Å²) in [6.45, 7) is 7.26. The summed E-state index contributed by atoms with van der Waals surface area (Å²) >= 11 is 0. The van der Waals surface area contributed by atoms with Crippen LogP contribution in [0.4, 0.5) is 0 Å². The Labute approximate surface area is 95.9 Å². The number of ether oxygens (including phenoxy) is 1. The van der Waals surface area contributed by atoms with Crippen LogP contribution in [0.15, 0.2) is 17.2 Å². The first-order valence-electron chi connectivity index (χ1n) is 5.36. The summed E-state index contributed by atoms with van der Waals surface area (Å²) in [6, 6.07) is 4.18. The molecule has 0 aliphatic carbocycles. The highest BCUT2D eigenvalue weighted by molar-refractivity contribution is 5.41. The summed E-state index contributed by atoms with van der Waals surface area (Å²) in [6.07, 6.45) is 0.747. The molecule has 0 aliphatic heterocycles. The van der Waals surface area contributed by atoms with E-state index in [4.69, 9.17) is 10.3 Å². The zero-order valence-electron chi connectivity index (χ0n) is 10.0. The van der Waals surface area contributed by atoms with Crippen LogP contribution in [0.25, 0.3) is 10.4 Å². The third kappa shape index (κ3) is 3.48. The van der Waals surface area contributed by atoms with Crippen LogP contribution in [0.1, 0.15) is 23.1 Å². The SMILES string of the molecule is Cc1cc(C)c(C)c(OCCCN=[N+]=[N-])c1. The fourth-order valence-corrected chi connectivity index (χ4v) is 1.51. The van der Waals surface area contributed by atoms with E-state index in [1.807, 2.05) is 6.07 Å². The highest BCUT2D eigenvalue weighted by atomic mass is 16.5. The van der Waals surface area contributed by atoms with E-state index >= 15 is 0 Å². The third-order valence-electron chi connectivity index (χ3n) is 2.49. The number of benzene rings is 1. The number of hydrogen-bond acceptors (Lipinski definition) is 2. The van der Waals surface area contributed by atoms with Gasteiger partial charge in [-0.2, -0.15) is 0 Å². The number of nitrogens with zero attached hydrogens (tertiary/aromatic N) is 3. The first kappa shape index (κ1) is 12.4. The van der Waals surface area contributed by atoms with Gasteiger partial charge in [0.05, 0.1) is 6.61 Å². The zero-order valence-corrected chi connectivity index (χ0v) is 10.0. The lowest BCUT2D eigenvalue weighted by Crippen LogP contribution is -2.01. The molecule has 0 N–H and O–H groups in total. The van der Waals surface area contributed by atoms with Crippen molar-refractivity contribution in [2.24, 2.45) is 5.11 Å². The van der Waals surface area contributed by atoms with E-state index in [-0.39, 0.29) is 0 Å². The minimum Gasteiger partial charge on any atom is -0.493 e. The van der Waals surface area contributed by atoms with Gasteiger partial charge >= 0.3 is 0 Å². The van der Waals surface area contributed by atoms with Gasteiger partial charge in [0.2, 0.25) is 0 Å². The first-order valence-corrected chi connectivity index (χ1v) is 5.36. The largest absolute Gasteiger partial charge is 0.493 e. The maximum atomic E-state index is 8.12. The molecule has 1 aromatic rings. The highest BCUT2D eigenvalue weighted by Gasteiger charge is 2.03. The summed E-state index contributed by atoms with van der Waals surface area (Å²) in [5.74, 6) is 0.929. The molecule has 0 radical (unpaired) electrons. The van der Waals surface area contributed by atoms with Crippen LogP contribution in [0.5, 0.6) is 5.75 Å². The molecule has 0 heterocycles. The topological polar surface area (TPSA) is 58.0 Å². The van der Waals surface area contributed by atoms with Gasteiger partial charge in [-0.05, 0) is 55.5 Å². The molecule has 4 heteroatoms. The molecule has 0 atom stereocenters. The Kier molecular flexibility index (Phi) is 4.67. The molecule has 0 saturated carbocycles. The van der Waals surface area contributed by atoms with Crippen molar-refractivity contribution < 1.29 is 4.74 Å². The lowest BCUT2D eigenvalue weighted by atomic mass is 10.1. The Morgan fingerprint density at radius 2 is 2.06 bits per heavy atom. The fourth-order valence-electron chi connectivity index (χ4n) is 1.51. The van der Waals surface area contributed by atoms with Crippen molar-refractivity contribution in [2.45, 2.75) is 27.2 Å². The monoisotopic (exact) mass is 219 g/mol. The molecule has 0 aromatic heterocycles. The van der Waals surface area contributed by atoms with Gasteiger partial charge in [-0.15, -0.1) is 0 Å². The lowest BCUT2D eigenvalue weighted by Gasteiger charge is -2.11. The minimum absolute atomic E-state index is 0.486. The van der Waals surface area contributed by atoms with E-state index in [9.17, 15) is 0 Å². The molecule has 0 bridgehead atoms. The number of azide groups is 1. The average Bonchev–Trinajstić information content (AvgIpc) is 2.24. The molecule has 0 amide bonds. The second kappa shape index (κ2) is 6.03. The van der Waals surface area contributed by atoms with Crippen molar-refractivity contribution in [1.82, 2.24) is 0 Å². The van der Waals surface area contributed by atoms with Crippen LogP contribution >= 0.6 is 0 Å². The Hall–Kier alpha value is -1.67. The van der Waals surface area contributed by atoms with Crippen LogP contribution in [0, 0.1) is 20.8 Å². The molecular formula is C12H17N3O. The third-order valence-corrected chi connectivity index (χ3v) is 2.49. The maximum absolute atomic E-state index is 8.12. The Bertz CT molecular complexity index is 409. The van der Waals surface area contributed by atoms with E-state index in [1.165, 1.54) is 16.7 Å². The van der Waals surface area contributed by atoms with Gasteiger partial charge in [0, 0.05) is 11.5 Å². The molecule has 86 valence electrons. The van der Waals surface area contributed by atoms with Gasteiger partial charge in [-0.25, -0.2) is 0 Å². The molecule has 0 spiro atoms. The van der Waals surface area contributed by atoms with Gasteiger partial charge < -0.3 is 4.74 Å². The van der Waals surface area contributed by atoms with E-state index in [0.717, 1.165) is 12.2 Å². The summed E-state index contributed by atoms with van der Waals surface area (Å²) in [5, 5.41) is 3.46. The van der Waals surface area contributed by atoms with Crippen molar-refractivity contribution in [3.63, 3.8) is 0 Å². The van der Waals surface area contributed by atoms with Crippen molar-refractivity contribution in [1.29, 1.82) is 0 Å². The standard InChI is InChI=1S/C12H17N3O/c1-9-7-10(2)11(3)12(8-9)16-6-4-5-14-15-13/h7-8H,4-6H2,1-3H3. The fraction of sp³-hybridized carbons (Fsp3) is 0.500. The normalized spacial score (nSPS) is 9.69. The second-order valence-corrected chi connectivity index (χ2v) is 3.86. The van der Waals surface area contributed by atoms with Crippen molar-refractivity contribution in [2.75, 3.05) is 13.2 Å². The summed E-state index contributed by atoms with van der Waals surface area (Å²) in [7, 11) is 0. The molecule has 1 aromatic carbocycles. The van der Waals surface area contributed by atoms with Gasteiger partial charge in [-0.3, -0.25) is 0 Å². The Morgan fingerprint density at radius 3 is 2.75 bits per heavy atom. The van der Waals surface area contributed by atoms with Crippen molar-refractivity contribution >= 4 is 0 Å². The van der Waals surface area contributed by atoms with E-state index in [0.29, 0.717) is 13.2 Å². The maximum Gasteiger partial charge on any atom is 0.122 e. The van der Waals surface area contributed by atoms with Gasteiger partial charge in [0.25, 0.3) is 0 Å². The molecule has 1 rings (SSSR count). The average molecular weight is 219 g/mol. The molecule has 4 nitrogen and oxygen atoms in total. The quantitative estimate of drug-likeness (QED) is 0.322. The van der Waals surface area contributed by atoms with Gasteiger partial charge in [-0.1, -0.05) is 11.2 Å². The minimum atomic E-state index is 0.486. The van der Waals surface area contributed by atoms with E-state index in [1.54, 1.807) is 0 Å². The van der Waals surface area contributed by atoms with Crippen LogP contribution < -0.4 is 4.74 Å². The highest BCUT2D eigenvalue weighted by Crippen LogP contribution is 2.23. The Balaban J connectivity index is 2.56. The smallest absolute Gasteiger partial charge is 0.122 e. The van der Waals surface area contributed by atoms with E-state index < -0.39 is 0 Å². The van der Waals surface area contributed by atoms with Crippen molar-refractivity contribution in [3.05, 3.63) is 39.3 Å². The molecule has 0 aliphatic rings. The Morgan fingerprint density at radius 1 is 1.31 bits per heavy atom.